The molecule has 1 saturated carbocycles. The van der Waals surface area contributed by atoms with Gasteiger partial charge >= 0.3 is 0 Å². The third-order valence-electron chi connectivity index (χ3n) is 2.90. The van der Waals surface area contributed by atoms with Gasteiger partial charge in [0.25, 0.3) is 0 Å². The molecular weight excluding hydrogens is 212 g/mol. The van der Waals surface area contributed by atoms with E-state index in [0.29, 0.717) is 0 Å². The van der Waals surface area contributed by atoms with Crippen LogP contribution in [-0.4, -0.2) is 6.10 Å². The number of nitrogen functional groups attached to an aromatic ring is 1. The van der Waals surface area contributed by atoms with Crippen LogP contribution < -0.4 is 10.5 Å². The van der Waals surface area contributed by atoms with Gasteiger partial charge in [-0.3, -0.25) is 0 Å². The van der Waals surface area contributed by atoms with Gasteiger partial charge in [-0.1, -0.05) is 6.42 Å². The van der Waals surface area contributed by atoms with E-state index in [-0.39, 0.29) is 17.5 Å². The first-order chi connectivity index (χ1) is 7.66. The predicted molar refractivity (Wildman–Crippen MR) is 58.3 cm³/mol. The molecule has 0 bridgehead atoms. The minimum Gasteiger partial charge on any atom is -0.488 e. The summed E-state index contributed by atoms with van der Waals surface area (Å²) in [6.45, 7) is 0. The molecule has 16 heavy (non-hydrogen) atoms. The Balaban J connectivity index is 2.13. The van der Waals surface area contributed by atoms with Crippen LogP contribution >= 0.6 is 0 Å². The van der Waals surface area contributed by atoms with Gasteiger partial charge in [0, 0.05) is 12.1 Å². The first-order valence-electron chi connectivity index (χ1n) is 5.58. The molecule has 0 heterocycles. The lowest BCUT2D eigenvalue weighted by Gasteiger charge is -2.23. The molecule has 0 atom stereocenters. The molecule has 0 radical (unpaired) electrons. The van der Waals surface area contributed by atoms with Gasteiger partial charge in [-0.15, -0.1) is 0 Å². The van der Waals surface area contributed by atoms with E-state index in [2.05, 4.69) is 0 Å². The summed E-state index contributed by atoms with van der Waals surface area (Å²) in [7, 11) is 0. The average molecular weight is 227 g/mol. The summed E-state index contributed by atoms with van der Waals surface area (Å²) >= 11 is 0. The Labute approximate surface area is 93.4 Å². The third-order valence-corrected chi connectivity index (χ3v) is 2.90. The predicted octanol–water partition coefficient (Wildman–Crippen LogP) is 3.26. The number of hydrogen-bond acceptors (Lipinski definition) is 2. The average Bonchev–Trinajstić information content (AvgIpc) is 2.27. The van der Waals surface area contributed by atoms with E-state index in [1.54, 1.807) is 0 Å². The Morgan fingerprint density at radius 2 is 1.81 bits per heavy atom. The lowest BCUT2D eigenvalue weighted by Crippen LogP contribution is -2.20. The Morgan fingerprint density at radius 1 is 1.12 bits per heavy atom. The van der Waals surface area contributed by atoms with Gasteiger partial charge in [-0.25, -0.2) is 8.78 Å². The Hall–Kier alpha value is -1.32. The third kappa shape index (κ3) is 2.43. The maximum Gasteiger partial charge on any atom is 0.152 e. The van der Waals surface area contributed by atoms with Gasteiger partial charge in [-0.05, 0) is 25.7 Å². The minimum absolute atomic E-state index is 0.0391. The first-order valence-corrected chi connectivity index (χ1v) is 5.58. The summed E-state index contributed by atoms with van der Waals surface area (Å²) in [5.74, 6) is -1.28. The van der Waals surface area contributed by atoms with E-state index in [4.69, 9.17) is 10.5 Å². The molecule has 2 rings (SSSR count). The van der Waals surface area contributed by atoms with Crippen molar-refractivity contribution in [2.45, 2.75) is 38.2 Å². The van der Waals surface area contributed by atoms with Crippen molar-refractivity contribution in [2.75, 3.05) is 5.73 Å². The quantitative estimate of drug-likeness (QED) is 0.787. The second kappa shape index (κ2) is 4.68. The Bertz CT molecular complexity index is 376. The summed E-state index contributed by atoms with van der Waals surface area (Å²) < 4.78 is 31.7. The lowest BCUT2D eigenvalue weighted by molar-refractivity contribution is 0.155. The zero-order valence-corrected chi connectivity index (χ0v) is 9.01. The van der Waals surface area contributed by atoms with Crippen molar-refractivity contribution in [3.05, 3.63) is 23.8 Å². The summed E-state index contributed by atoms with van der Waals surface area (Å²) in [6.07, 6.45) is 5.30. The molecule has 0 aliphatic heterocycles. The first kappa shape index (κ1) is 11.2. The summed E-state index contributed by atoms with van der Waals surface area (Å²) in [5.41, 5.74) is 5.40. The summed E-state index contributed by atoms with van der Waals surface area (Å²) in [5, 5.41) is 0. The fourth-order valence-corrected chi connectivity index (χ4v) is 2.02. The maximum absolute atomic E-state index is 13.1. The molecule has 88 valence electrons. The Kier molecular flexibility index (Phi) is 3.27. The number of rotatable bonds is 2. The van der Waals surface area contributed by atoms with Crippen molar-refractivity contribution < 1.29 is 13.5 Å². The fraction of sp³-hybridized carbons (Fsp3) is 0.500. The van der Waals surface area contributed by atoms with Gasteiger partial charge in [0.1, 0.15) is 17.3 Å². The number of halogens is 2. The molecule has 4 heteroatoms. The second-order valence-corrected chi connectivity index (χ2v) is 4.18. The van der Waals surface area contributed by atoms with Crippen molar-refractivity contribution in [1.82, 2.24) is 0 Å². The topological polar surface area (TPSA) is 35.2 Å². The van der Waals surface area contributed by atoms with Gasteiger partial charge in [0.15, 0.2) is 5.82 Å². The van der Waals surface area contributed by atoms with Crippen LogP contribution in [0, 0.1) is 11.6 Å². The SMILES string of the molecule is Nc1c(F)cc(F)cc1OC1CCCCC1. The van der Waals surface area contributed by atoms with Crippen LogP contribution in [0.2, 0.25) is 0 Å². The summed E-state index contributed by atoms with van der Waals surface area (Å²) in [4.78, 5) is 0. The highest BCUT2D eigenvalue weighted by Crippen LogP contribution is 2.30. The monoisotopic (exact) mass is 227 g/mol. The van der Waals surface area contributed by atoms with Gasteiger partial charge in [0.2, 0.25) is 0 Å². The molecule has 0 unspecified atom stereocenters. The second-order valence-electron chi connectivity index (χ2n) is 4.18. The molecule has 0 amide bonds. The van der Waals surface area contributed by atoms with Crippen molar-refractivity contribution in [2.24, 2.45) is 0 Å². The standard InChI is InChI=1S/C12H15F2NO/c13-8-6-10(14)12(15)11(7-8)16-9-4-2-1-3-5-9/h6-7,9H,1-5,15H2. The van der Waals surface area contributed by atoms with Crippen molar-refractivity contribution in [3.8, 4) is 5.75 Å². The van der Waals surface area contributed by atoms with Crippen LogP contribution in [0.4, 0.5) is 14.5 Å². The zero-order chi connectivity index (χ0) is 11.5. The van der Waals surface area contributed by atoms with Gasteiger partial charge in [-0.2, -0.15) is 0 Å². The van der Waals surface area contributed by atoms with Crippen LogP contribution in [0.3, 0.4) is 0 Å². The zero-order valence-electron chi connectivity index (χ0n) is 9.01. The number of ether oxygens (including phenoxy) is 1. The highest BCUT2D eigenvalue weighted by Gasteiger charge is 2.17. The number of nitrogens with two attached hydrogens (primary N) is 1. The van der Waals surface area contributed by atoms with E-state index in [1.807, 2.05) is 0 Å². The number of benzene rings is 1. The van der Waals surface area contributed by atoms with Crippen LogP contribution in [0.25, 0.3) is 0 Å². The molecule has 0 spiro atoms. The molecule has 0 aromatic heterocycles. The Morgan fingerprint density at radius 3 is 2.50 bits per heavy atom. The molecule has 1 aromatic rings. The molecule has 0 saturated heterocycles. The molecule has 1 aromatic carbocycles. The van der Waals surface area contributed by atoms with E-state index < -0.39 is 11.6 Å². The number of hydrogen-bond donors (Lipinski definition) is 1. The van der Waals surface area contributed by atoms with E-state index >= 15 is 0 Å². The minimum atomic E-state index is -0.759. The van der Waals surface area contributed by atoms with Crippen LogP contribution in [0.1, 0.15) is 32.1 Å². The van der Waals surface area contributed by atoms with Gasteiger partial charge in [0.05, 0.1) is 6.10 Å². The smallest absolute Gasteiger partial charge is 0.152 e. The molecule has 2 nitrogen and oxygen atoms in total. The van der Waals surface area contributed by atoms with Crippen LogP contribution in [0.5, 0.6) is 5.75 Å². The van der Waals surface area contributed by atoms with Crippen molar-refractivity contribution in [3.63, 3.8) is 0 Å². The fourth-order valence-electron chi connectivity index (χ4n) is 2.02. The van der Waals surface area contributed by atoms with E-state index in [1.165, 1.54) is 6.42 Å². The molecule has 2 N–H and O–H groups in total. The maximum atomic E-state index is 13.1. The van der Waals surface area contributed by atoms with Gasteiger partial charge < -0.3 is 10.5 Å². The molecule has 1 aliphatic carbocycles. The van der Waals surface area contributed by atoms with Crippen molar-refractivity contribution >= 4 is 5.69 Å². The van der Waals surface area contributed by atoms with E-state index in [9.17, 15) is 8.78 Å². The van der Waals surface area contributed by atoms with Crippen molar-refractivity contribution in [1.29, 1.82) is 0 Å². The summed E-state index contributed by atoms with van der Waals surface area (Å²) in [6, 6.07) is 1.91. The lowest BCUT2D eigenvalue weighted by atomic mass is 9.98. The largest absolute Gasteiger partial charge is 0.488 e. The molecule has 1 fully saturated rings. The van der Waals surface area contributed by atoms with Crippen LogP contribution in [0.15, 0.2) is 12.1 Å². The van der Waals surface area contributed by atoms with Crippen LogP contribution in [-0.2, 0) is 0 Å². The van der Waals surface area contributed by atoms with E-state index in [0.717, 1.165) is 37.8 Å². The molecule has 1 aliphatic rings. The highest BCUT2D eigenvalue weighted by molar-refractivity contribution is 5.53. The highest BCUT2D eigenvalue weighted by atomic mass is 19.1. The molecular formula is C12H15F2NO. The normalized spacial score (nSPS) is 17.4. The number of anilines is 1.